The molecular weight excluding hydrogens is 282 g/mol. The van der Waals surface area contributed by atoms with E-state index in [4.69, 9.17) is 14.2 Å². The number of nitrogens with zero attached hydrogens (tertiary/aromatic N) is 1. The topological polar surface area (TPSA) is 48.0 Å². The van der Waals surface area contributed by atoms with Gasteiger partial charge in [0.25, 0.3) is 0 Å². The quantitative estimate of drug-likeness (QED) is 0.773. The number of likely N-dealkylation sites (tertiary alicyclic amines) is 1. The molecule has 5 nitrogen and oxygen atoms in total. The van der Waals surface area contributed by atoms with Gasteiger partial charge in [0.1, 0.15) is 24.6 Å². The second-order valence-electron chi connectivity index (χ2n) is 5.64. The van der Waals surface area contributed by atoms with Gasteiger partial charge in [-0.25, -0.2) is 0 Å². The lowest BCUT2D eigenvalue weighted by molar-refractivity contribution is -0.136. The fourth-order valence-corrected chi connectivity index (χ4v) is 2.61. The fraction of sp³-hybridized carbons (Fsp3) is 0.588. The Morgan fingerprint density at radius 3 is 2.82 bits per heavy atom. The molecule has 1 unspecified atom stereocenters. The number of aryl methyl sites for hydroxylation is 1. The molecule has 0 N–H and O–H groups in total. The van der Waals surface area contributed by atoms with Crippen molar-refractivity contribution in [1.29, 1.82) is 0 Å². The van der Waals surface area contributed by atoms with E-state index in [1.54, 1.807) is 12.0 Å². The summed E-state index contributed by atoms with van der Waals surface area (Å²) in [6.07, 6.45) is 0.771. The molecule has 122 valence electrons. The highest BCUT2D eigenvalue weighted by Crippen LogP contribution is 2.27. The molecule has 1 aliphatic heterocycles. The van der Waals surface area contributed by atoms with Crippen molar-refractivity contribution in [3.8, 4) is 5.75 Å². The SMILES string of the molecule is CCOCC(=O)N1CCC(COc2ccccc2C)(OC)C1. The van der Waals surface area contributed by atoms with E-state index in [0.29, 0.717) is 26.3 Å². The highest BCUT2D eigenvalue weighted by atomic mass is 16.5. The van der Waals surface area contributed by atoms with Crippen molar-refractivity contribution >= 4 is 5.91 Å². The van der Waals surface area contributed by atoms with Gasteiger partial charge in [0.2, 0.25) is 5.91 Å². The second kappa shape index (κ2) is 7.61. The van der Waals surface area contributed by atoms with E-state index >= 15 is 0 Å². The lowest BCUT2D eigenvalue weighted by Crippen LogP contribution is -2.43. The van der Waals surface area contributed by atoms with Crippen molar-refractivity contribution in [2.45, 2.75) is 25.9 Å². The number of carbonyl (C=O) groups excluding carboxylic acids is 1. The molecule has 1 fully saturated rings. The van der Waals surface area contributed by atoms with Gasteiger partial charge < -0.3 is 19.1 Å². The van der Waals surface area contributed by atoms with Crippen LogP contribution in [0.15, 0.2) is 24.3 Å². The van der Waals surface area contributed by atoms with Crippen LogP contribution in [0.5, 0.6) is 5.75 Å². The number of hydrogen-bond donors (Lipinski definition) is 0. The second-order valence-corrected chi connectivity index (χ2v) is 5.64. The minimum atomic E-state index is -0.440. The first-order valence-corrected chi connectivity index (χ1v) is 7.69. The maximum atomic E-state index is 12.0. The summed E-state index contributed by atoms with van der Waals surface area (Å²) >= 11 is 0. The summed E-state index contributed by atoms with van der Waals surface area (Å²) in [5, 5.41) is 0. The van der Waals surface area contributed by atoms with E-state index in [-0.39, 0.29) is 12.5 Å². The van der Waals surface area contributed by atoms with Gasteiger partial charge >= 0.3 is 0 Å². The Morgan fingerprint density at radius 2 is 2.14 bits per heavy atom. The van der Waals surface area contributed by atoms with Crippen LogP contribution in [0.4, 0.5) is 0 Å². The van der Waals surface area contributed by atoms with E-state index in [1.165, 1.54) is 0 Å². The number of para-hydroxylation sites is 1. The van der Waals surface area contributed by atoms with Gasteiger partial charge in [-0.1, -0.05) is 18.2 Å². The van der Waals surface area contributed by atoms with Crippen molar-refractivity contribution in [3.05, 3.63) is 29.8 Å². The zero-order valence-corrected chi connectivity index (χ0v) is 13.6. The van der Waals surface area contributed by atoms with Crippen LogP contribution in [0.25, 0.3) is 0 Å². The highest BCUT2D eigenvalue weighted by molar-refractivity contribution is 5.77. The molecule has 1 amide bonds. The highest BCUT2D eigenvalue weighted by Gasteiger charge is 2.41. The molecule has 1 saturated heterocycles. The molecule has 5 heteroatoms. The van der Waals surface area contributed by atoms with Crippen molar-refractivity contribution in [2.75, 3.05) is 40.0 Å². The molecule has 0 bridgehead atoms. The van der Waals surface area contributed by atoms with E-state index in [9.17, 15) is 4.79 Å². The van der Waals surface area contributed by atoms with Crippen LogP contribution < -0.4 is 4.74 Å². The number of carbonyl (C=O) groups is 1. The van der Waals surface area contributed by atoms with E-state index in [2.05, 4.69) is 0 Å². The minimum Gasteiger partial charge on any atom is -0.490 e. The molecule has 0 spiro atoms. The Balaban J connectivity index is 1.93. The van der Waals surface area contributed by atoms with Gasteiger partial charge in [0, 0.05) is 20.3 Å². The Labute approximate surface area is 132 Å². The predicted octanol–water partition coefficient (Wildman–Crippen LogP) is 2.03. The van der Waals surface area contributed by atoms with Gasteiger partial charge in [-0.15, -0.1) is 0 Å². The monoisotopic (exact) mass is 307 g/mol. The standard InChI is InChI=1S/C17H25NO4/c1-4-21-11-16(19)18-10-9-17(12-18,20-3)13-22-15-8-6-5-7-14(15)2/h5-8H,4,9-13H2,1-3H3. The number of benzene rings is 1. The fourth-order valence-electron chi connectivity index (χ4n) is 2.61. The average molecular weight is 307 g/mol. The smallest absolute Gasteiger partial charge is 0.248 e. The predicted molar refractivity (Wildman–Crippen MR) is 84.1 cm³/mol. The summed E-state index contributed by atoms with van der Waals surface area (Å²) in [5.74, 6) is 0.870. The number of methoxy groups -OCH3 is 1. The normalized spacial score (nSPS) is 21.1. The Bertz CT molecular complexity index is 505. The van der Waals surface area contributed by atoms with Crippen molar-refractivity contribution in [3.63, 3.8) is 0 Å². The largest absolute Gasteiger partial charge is 0.490 e. The molecule has 1 atom stereocenters. The maximum Gasteiger partial charge on any atom is 0.248 e. The maximum absolute atomic E-state index is 12.0. The summed E-state index contributed by atoms with van der Waals surface area (Å²) in [4.78, 5) is 13.8. The minimum absolute atomic E-state index is 0.0108. The third-order valence-electron chi connectivity index (χ3n) is 4.12. The molecule has 2 rings (SSSR count). The molecule has 1 aliphatic rings. The van der Waals surface area contributed by atoms with Crippen LogP contribution in [0, 0.1) is 6.92 Å². The zero-order chi connectivity index (χ0) is 16.0. The van der Waals surface area contributed by atoms with E-state index < -0.39 is 5.60 Å². The third kappa shape index (κ3) is 3.99. The summed E-state index contributed by atoms with van der Waals surface area (Å²) in [5.41, 5.74) is 0.653. The summed E-state index contributed by atoms with van der Waals surface area (Å²) in [6, 6.07) is 7.90. The van der Waals surface area contributed by atoms with Gasteiger partial charge in [0.15, 0.2) is 0 Å². The Hall–Kier alpha value is -1.59. The molecule has 0 radical (unpaired) electrons. The molecule has 1 aromatic rings. The first-order valence-electron chi connectivity index (χ1n) is 7.69. The van der Waals surface area contributed by atoms with Crippen LogP contribution in [-0.2, 0) is 14.3 Å². The first-order chi connectivity index (χ1) is 10.6. The van der Waals surface area contributed by atoms with Crippen LogP contribution in [0.3, 0.4) is 0 Å². The molecule has 1 aromatic carbocycles. The summed E-state index contributed by atoms with van der Waals surface area (Å²) in [7, 11) is 1.68. The van der Waals surface area contributed by atoms with Gasteiger partial charge in [-0.2, -0.15) is 0 Å². The first kappa shape index (κ1) is 16.8. The molecule has 22 heavy (non-hydrogen) atoms. The van der Waals surface area contributed by atoms with Crippen molar-refractivity contribution in [2.24, 2.45) is 0 Å². The van der Waals surface area contributed by atoms with E-state index in [0.717, 1.165) is 17.7 Å². The number of ether oxygens (including phenoxy) is 3. The van der Waals surface area contributed by atoms with E-state index in [1.807, 2.05) is 38.1 Å². The van der Waals surface area contributed by atoms with Gasteiger partial charge in [-0.05, 0) is 31.9 Å². The number of rotatable bonds is 7. The molecule has 1 heterocycles. The third-order valence-corrected chi connectivity index (χ3v) is 4.12. The lowest BCUT2D eigenvalue weighted by Gasteiger charge is -2.28. The molecule has 0 saturated carbocycles. The Kier molecular flexibility index (Phi) is 5.80. The molecule has 0 aromatic heterocycles. The van der Waals surface area contributed by atoms with Gasteiger partial charge in [0.05, 0.1) is 6.54 Å². The van der Waals surface area contributed by atoms with Crippen LogP contribution >= 0.6 is 0 Å². The Morgan fingerprint density at radius 1 is 1.36 bits per heavy atom. The van der Waals surface area contributed by atoms with Gasteiger partial charge in [-0.3, -0.25) is 4.79 Å². The van der Waals surface area contributed by atoms with Crippen LogP contribution in [0.2, 0.25) is 0 Å². The van der Waals surface area contributed by atoms with Crippen molar-refractivity contribution < 1.29 is 19.0 Å². The molecular formula is C17H25NO4. The molecule has 0 aliphatic carbocycles. The zero-order valence-electron chi connectivity index (χ0n) is 13.6. The number of hydrogen-bond acceptors (Lipinski definition) is 4. The average Bonchev–Trinajstić information content (AvgIpc) is 2.97. The summed E-state index contributed by atoms with van der Waals surface area (Å²) in [6.45, 7) is 6.24. The lowest BCUT2D eigenvalue weighted by atomic mass is 10.0. The van der Waals surface area contributed by atoms with Crippen LogP contribution in [-0.4, -0.2) is 56.4 Å². The number of amides is 1. The summed E-state index contributed by atoms with van der Waals surface area (Å²) < 4.78 is 16.8. The van der Waals surface area contributed by atoms with Crippen molar-refractivity contribution in [1.82, 2.24) is 4.90 Å². The van der Waals surface area contributed by atoms with Crippen LogP contribution in [0.1, 0.15) is 18.9 Å².